The lowest BCUT2D eigenvalue weighted by Gasteiger charge is -2.21. The molecule has 1 amide bonds. The minimum Gasteiger partial charge on any atom is -0.341 e. The molecule has 0 saturated carbocycles. The van der Waals surface area contributed by atoms with Crippen LogP contribution in [0, 0.1) is 0 Å². The third kappa shape index (κ3) is 4.74. The van der Waals surface area contributed by atoms with Crippen LogP contribution in [0.3, 0.4) is 0 Å². The zero-order chi connectivity index (χ0) is 19.6. The van der Waals surface area contributed by atoms with Gasteiger partial charge >= 0.3 is 0 Å². The van der Waals surface area contributed by atoms with Crippen LogP contribution in [0.15, 0.2) is 33.8 Å². The lowest BCUT2D eigenvalue weighted by Crippen LogP contribution is -2.37. The number of benzene rings is 1. The van der Waals surface area contributed by atoms with Crippen molar-refractivity contribution >= 4 is 42.8 Å². The number of nitrogens with zero attached hydrogens (tertiary/aromatic N) is 4. The van der Waals surface area contributed by atoms with Gasteiger partial charge in [-0.1, -0.05) is 15.9 Å². The van der Waals surface area contributed by atoms with Crippen LogP contribution in [0.4, 0.5) is 0 Å². The van der Waals surface area contributed by atoms with Crippen molar-refractivity contribution in [1.29, 1.82) is 0 Å². The summed E-state index contributed by atoms with van der Waals surface area (Å²) in [6, 6.07) is 5.31. The predicted molar refractivity (Wildman–Crippen MR) is 106 cm³/mol. The van der Waals surface area contributed by atoms with Crippen LogP contribution in [0.2, 0.25) is 0 Å². The molecule has 0 bridgehead atoms. The van der Waals surface area contributed by atoms with Crippen LogP contribution in [-0.2, 0) is 21.4 Å². The molecule has 1 aliphatic rings. The molecule has 1 saturated heterocycles. The SMILES string of the molecule is CS(=O)(=O)N1CCCN(C(=O)CCn2cnc3ccc(Br)cc3c2=O)CC1. The summed E-state index contributed by atoms with van der Waals surface area (Å²) in [5, 5.41) is 0.498. The van der Waals surface area contributed by atoms with Gasteiger partial charge in [-0.25, -0.2) is 17.7 Å². The molecule has 1 aromatic heterocycles. The minimum absolute atomic E-state index is 0.0911. The number of fused-ring (bicyclic) bond motifs is 1. The molecule has 27 heavy (non-hydrogen) atoms. The van der Waals surface area contributed by atoms with Crippen LogP contribution >= 0.6 is 15.9 Å². The van der Waals surface area contributed by atoms with Crippen LogP contribution in [0.25, 0.3) is 10.9 Å². The largest absolute Gasteiger partial charge is 0.341 e. The van der Waals surface area contributed by atoms with E-state index in [1.54, 1.807) is 17.0 Å². The quantitative estimate of drug-likeness (QED) is 0.685. The highest BCUT2D eigenvalue weighted by Crippen LogP contribution is 2.15. The van der Waals surface area contributed by atoms with Gasteiger partial charge in [0, 0.05) is 43.6 Å². The Hall–Kier alpha value is -1.78. The van der Waals surface area contributed by atoms with Crippen molar-refractivity contribution in [3.63, 3.8) is 0 Å². The highest BCUT2D eigenvalue weighted by atomic mass is 79.9. The topological polar surface area (TPSA) is 92.6 Å². The lowest BCUT2D eigenvalue weighted by atomic mass is 10.2. The lowest BCUT2D eigenvalue weighted by molar-refractivity contribution is -0.131. The Morgan fingerprint density at radius 1 is 1.22 bits per heavy atom. The van der Waals surface area contributed by atoms with Crippen LogP contribution in [-0.4, -0.2) is 65.5 Å². The summed E-state index contributed by atoms with van der Waals surface area (Å²) < 4.78 is 27.0. The Labute approximate surface area is 166 Å². The van der Waals surface area contributed by atoms with Crippen molar-refractivity contribution in [1.82, 2.24) is 18.8 Å². The average Bonchev–Trinajstić information content (AvgIpc) is 2.87. The van der Waals surface area contributed by atoms with Gasteiger partial charge < -0.3 is 4.90 Å². The molecule has 3 rings (SSSR count). The summed E-state index contributed by atoms with van der Waals surface area (Å²) in [6.07, 6.45) is 3.41. The number of sulfonamides is 1. The van der Waals surface area contributed by atoms with Gasteiger partial charge in [-0.3, -0.25) is 14.2 Å². The van der Waals surface area contributed by atoms with Crippen molar-refractivity contribution in [2.45, 2.75) is 19.4 Å². The number of amides is 1. The number of rotatable bonds is 4. The first-order valence-corrected chi connectivity index (χ1v) is 11.3. The van der Waals surface area contributed by atoms with Gasteiger partial charge in [-0.05, 0) is 24.6 Å². The Kier molecular flexibility index (Phi) is 5.97. The van der Waals surface area contributed by atoms with Crippen molar-refractivity contribution in [2.24, 2.45) is 0 Å². The molecule has 1 fully saturated rings. The summed E-state index contributed by atoms with van der Waals surface area (Å²) in [5.41, 5.74) is 0.423. The number of aryl methyl sites for hydroxylation is 1. The number of aromatic nitrogens is 2. The van der Waals surface area contributed by atoms with Crippen LogP contribution in [0.1, 0.15) is 12.8 Å². The van der Waals surface area contributed by atoms with Crippen molar-refractivity contribution in [3.8, 4) is 0 Å². The normalized spacial score (nSPS) is 16.4. The molecule has 0 aliphatic carbocycles. The summed E-state index contributed by atoms with van der Waals surface area (Å²) in [7, 11) is -3.25. The third-order valence-electron chi connectivity index (χ3n) is 4.63. The van der Waals surface area contributed by atoms with E-state index in [-0.39, 0.29) is 24.4 Å². The second-order valence-corrected chi connectivity index (χ2v) is 9.45. The van der Waals surface area contributed by atoms with Crippen LogP contribution in [0.5, 0.6) is 0 Å². The smallest absolute Gasteiger partial charge is 0.261 e. The Morgan fingerprint density at radius 3 is 2.74 bits per heavy atom. The van der Waals surface area contributed by atoms with E-state index >= 15 is 0 Å². The molecule has 0 radical (unpaired) electrons. The van der Waals surface area contributed by atoms with Gasteiger partial charge in [0.1, 0.15) is 0 Å². The fraction of sp³-hybridized carbons (Fsp3) is 0.471. The maximum Gasteiger partial charge on any atom is 0.261 e. The Balaban J connectivity index is 1.66. The first kappa shape index (κ1) is 20.0. The first-order valence-electron chi connectivity index (χ1n) is 8.63. The maximum absolute atomic E-state index is 12.6. The first-order chi connectivity index (χ1) is 12.8. The van der Waals surface area contributed by atoms with Gasteiger partial charge in [0.25, 0.3) is 5.56 Å². The molecule has 0 atom stereocenters. The monoisotopic (exact) mass is 456 g/mol. The number of carbonyl (C=O) groups excluding carboxylic acids is 1. The fourth-order valence-corrected chi connectivity index (χ4v) is 4.37. The summed E-state index contributed by atoms with van der Waals surface area (Å²) in [6.45, 7) is 1.84. The van der Waals surface area contributed by atoms with E-state index in [1.807, 2.05) is 6.07 Å². The second kappa shape index (κ2) is 8.07. The van der Waals surface area contributed by atoms with Crippen molar-refractivity contribution in [2.75, 3.05) is 32.4 Å². The molecule has 1 aliphatic heterocycles. The van der Waals surface area contributed by atoms with E-state index in [1.165, 1.54) is 21.5 Å². The van der Waals surface area contributed by atoms with E-state index in [4.69, 9.17) is 0 Å². The molecule has 8 nitrogen and oxygen atoms in total. The zero-order valence-electron chi connectivity index (χ0n) is 15.0. The predicted octanol–water partition coefficient (Wildman–Crippen LogP) is 1.04. The highest BCUT2D eigenvalue weighted by Gasteiger charge is 2.23. The molecule has 0 spiro atoms. The molecule has 146 valence electrons. The van der Waals surface area contributed by atoms with Gasteiger partial charge in [-0.15, -0.1) is 0 Å². The number of hydrogen-bond acceptors (Lipinski definition) is 5. The van der Waals surface area contributed by atoms with Crippen LogP contribution < -0.4 is 5.56 Å². The van der Waals surface area contributed by atoms with E-state index < -0.39 is 10.0 Å². The second-order valence-electron chi connectivity index (χ2n) is 6.55. The van der Waals surface area contributed by atoms with E-state index in [0.717, 1.165) is 4.47 Å². The van der Waals surface area contributed by atoms with E-state index in [2.05, 4.69) is 20.9 Å². The molecule has 2 heterocycles. The fourth-order valence-electron chi connectivity index (χ4n) is 3.14. The van der Waals surface area contributed by atoms with Crippen molar-refractivity contribution < 1.29 is 13.2 Å². The van der Waals surface area contributed by atoms with E-state index in [0.29, 0.717) is 43.5 Å². The third-order valence-corrected chi connectivity index (χ3v) is 6.43. The van der Waals surface area contributed by atoms with Gasteiger partial charge in [-0.2, -0.15) is 0 Å². The molecular weight excluding hydrogens is 436 g/mol. The van der Waals surface area contributed by atoms with E-state index in [9.17, 15) is 18.0 Å². The summed E-state index contributed by atoms with van der Waals surface area (Å²) in [5.74, 6) is -0.0911. The minimum atomic E-state index is -3.25. The zero-order valence-corrected chi connectivity index (χ0v) is 17.4. The summed E-state index contributed by atoms with van der Waals surface area (Å²) in [4.78, 5) is 31.0. The molecule has 0 unspecified atom stereocenters. The van der Waals surface area contributed by atoms with Gasteiger partial charge in [0.2, 0.25) is 15.9 Å². The van der Waals surface area contributed by atoms with Gasteiger partial charge in [0.15, 0.2) is 0 Å². The Bertz CT molecular complexity index is 1020. The average molecular weight is 457 g/mol. The molecule has 10 heteroatoms. The highest BCUT2D eigenvalue weighted by molar-refractivity contribution is 9.10. The number of hydrogen-bond donors (Lipinski definition) is 0. The maximum atomic E-state index is 12.6. The molecule has 0 N–H and O–H groups in total. The molecular formula is C17H21BrN4O4S. The molecule has 2 aromatic rings. The number of halogens is 1. The van der Waals surface area contributed by atoms with Crippen molar-refractivity contribution in [3.05, 3.63) is 39.4 Å². The summed E-state index contributed by atoms with van der Waals surface area (Å²) >= 11 is 3.35. The molecule has 1 aromatic carbocycles. The standard InChI is InChI=1S/C17H21BrN4O4S/c1-27(25,26)22-7-2-6-20(9-10-22)16(23)5-8-21-12-19-15-4-3-13(18)11-14(15)17(21)24/h3-4,11-12H,2,5-10H2,1H3. The Morgan fingerprint density at radius 2 is 2.00 bits per heavy atom. The van der Waals surface area contributed by atoms with Gasteiger partial charge in [0.05, 0.1) is 23.5 Å². The number of carbonyl (C=O) groups is 1.